The van der Waals surface area contributed by atoms with E-state index in [4.69, 9.17) is 4.74 Å². The molecule has 1 aromatic rings. The van der Waals surface area contributed by atoms with Gasteiger partial charge < -0.3 is 4.74 Å². The van der Waals surface area contributed by atoms with Crippen LogP contribution in [0.25, 0.3) is 0 Å². The number of fused-ring (bicyclic) bond motifs is 5. The van der Waals surface area contributed by atoms with E-state index < -0.39 is 10.0 Å². The average molecular weight is 419 g/mol. The van der Waals surface area contributed by atoms with Gasteiger partial charge in [-0.2, -0.15) is 4.31 Å². The second kappa shape index (κ2) is 6.62. The second-order valence-electron chi connectivity index (χ2n) is 8.81. The standard InChI is InChI=1S/C21H26N2O5S/c1-12-4-3-5-13(2)23(12)29(26,27)15-8-6-14(7-9-15)22-20(24)18-16-10-11-17(28-16)19(18)21(22)25/h6-9,12-13,16-19H,3-5,10-11H2,1-2H3. The van der Waals surface area contributed by atoms with E-state index in [9.17, 15) is 18.0 Å². The summed E-state index contributed by atoms with van der Waals surface area (Å²) in [6.07, 6.45) is 4.06. The number of nitrogens with zero attached hydrogens (tertiary/aromatic N) is 2. The second-order valence-corrected chi connectivity index (χ2v) is 10.7. The van der Waals surface area contributed by atoms with Gasteiger partial charge in [0.05, 0.1) is 34.6 Å². The van der Waals surface area contributed by atoms with Gasteiger partial charge in [-0.3, -0.25) is 9.59 Å². The molecule has 0 aromatic heterocycles. The maximum atomic E-state index is 13.2. The van der Waals surface area contributed by atoms with Crippen molar-refractivity contribution in [1.29, 1.82) is 0 Å². The minimum Gasteiger partial charge on any atom is -0.373 e. The summed E-state index contributed by atoms with van der Waals surface area (Å²) in [7, 11) is -3.63. The zero-order chi connectivity index (χ0) is 20.5. The van der Waals surface area contributed by atoms with Crippen molar-refractivity contribution in [2.24, 2.45) is 11.8 Å². The lowest BCUT2D eigenvalue weighted by Gasteiger charge is -2.37. The van der Waals surface area contributed by atoms with Gasteiger partial charge in [0.1, 0.15) is 0 Å². The Morgan fingerprint density at radius 1 is 0.862 bits per heavy atom. The van der Waals surface area contributed by atoms with Crippen molar-refractivity contribution in [3.63, 3.8) is 0 Å². The first-order chi connectivity index (χ1) is 13.8. The van der Waals surface area contributed by atoms with Crippen LogP contribution >= 0.6 is 0 Å². The highest BCUT2D eigenvalue weighted by Crippen LogP contribution is 2.49. The summed E-state index contributed by atoms with van der Waals surface area (Å²) in [6, 6.07) is 6.09. The molecular formula is C21H26N2O5S. The van der Waals surface area contributed by atoms with E-state index in [1.807, 2.05) is 13.8 Å². The van der Waals surface area contributed by atoms with E-state index in [1.165, 1.54) is 17.0 Å². The van der Waals surface area contributed by atoms with Gasteiger partial charge in [-0.05, 0) is 63.8 Å². The number of carbonyl (C=O) groups excluding carboxylic acids is 2. The summed E-state index contributed by atoms with van der Waals surface area (Å²) < 4.78 is 33.7. The van der Waals surface area contributed by atoms with E-state index in [2.05, 4.69) is 0 Å². The number of rotatable bonds is 3. The molecule has 4 aliphatic rings. The molecule has 2 amide bonds. The van der Waals surface area contributed by atoms with E-state index in [-0.39, 0.29) is 52.8 Å². The van der Waals surface area contributed by atoms with Crippen LogP contribution in [0.2, 0.25) is 0 Å². The zero-order valence-corrected chi connectivity index (χ0v) is 17.5. The summed E-state index contributed by atoms with van der Waals surface area (Å²) >= 11 is 0. The van der Waals surface area contributed by atoms with E-state index in [1.54, 1.807) is 16.4 Å². The van der Waals surface area contributed by atoms with Crippen LogP contribution in [0.1, 0.15) is 46.0 Å². The predicted octanol–water partition coefficient (Wildman–Crippen LogP) is 2.30. The van der Waals surface area contributed by atoms with Crippen molar-refractivity contribution in [1.82, 2.24) is 4.31 Å². The van der Waals surface area contributed by atoms with Crippen molar-refractivity contribution >= 4 is 27.5 Å². The molecule has 0 spiro atoms. The third-order valence-corrected chi connectivity index (χ3v) is 9.21. The van der Waals surface area contributed by atoms with Crippen LogP contribution in [0.15, 0.2) is 29.2 Å². The lowest BCUT2D eigenvalue weighted by molar-refractivity contribution is -0.124. The Labute approximate surface area is 171 Å². The van der Waals surface area contributed by atoms with Gasteiger partial charge in [0.25, 0.3) is 0 Å². The highest BCUT2D eigenvalue weighted by molar-refractivity contribution is 7.89. The molecule has 29 heavy (non-hydrogen) atoms. The smallest absolute Gasteiger partial charge is 0.243 e. The number of sulfonamides is 1. The van der Waals surface area contributed by atoms with Crippen molar-refractivity contribution in [3.8, 4) is 0 Å². The minimum absolute atomic E-state index is 0.0417. The highest BCUT2D eigenvalue weighted by atomic mass is 32.2. The molecular weight excluding hydrogens is 392 g/mol. The van der Waals surface area contributed by atoms with Crippen LogP contribution in [-0.2, 0) is 24.3 Å². The van der Waals surface area contributed by atoms with Gasteiger partial charge in [-0.25, -0.2) is 13.3 Å². The number of amides is 2. The van der Waals surface area contributed by atoms with Gasteiger partial charge >= 0.3 is 0 Å². The molecule has 6 atom stereocenters. The quantitative estimate of drug-likeness (QED) is 0.704. The number of imide groups is 1. The largest absolute Gasteiger partial charge is 0.373 e. The number of carbonyl (C=O) groups is 2. The first-order valence-electron chi connectivity index (χ1n) is 10.5. The van der Waals surface area contributed by atoms with Crippen LogP contribution in [0, 0.1) is 11.8 Å². The number of hydrogen-bond acceptors (Lipinski definition) is 5. The van der Waals surface area contributed by atoms with Crippen LogP contribution in [0.3, 0.4) is 0 Å². The molecule has 2 bridgehead atoms. The molecule has 0 saturated carbocycles. The summed E-state index contributed by atoms with van der Waals surface area (Å²) in [6.45, 7) is 3.89. The third kappa shape index (κ3) is 2.72. The zero-order valence-electron chi connectivity index (χ0n) is 16.7. The van der Waals surface area contributed by atoms with E-state index >= 15 is 0 Å². The predicted molar refractivity (Wildman–Crippen MR) is 106 cm³/mol. The van der Waals surface area contributed by atoms with Crippen molar-refractivity contribution < 1.29 is 22.7 Å². The number of anilines is 1. The fourth-order valence-electron chi connectivity index (χ4n) is 5.73. The topological polar surface area (TPSA) is 84.0 Å². The summed E-state index contributed by atoms with van der Waals surface area (Å²) in [5.41, 5.74) is 0.437. The Bertz CT molecular complexity index is 922. The summed E-state index contributed by atoms with van der Waals surface area (Å²) in [5, 5.41) is 0. The van der Waals surface area contributed by atoms with Gasteiger partial charge in [0, 0.05) is 12.1 Å². The molecule has 156 valence electrons. The SMILES string of the molecule is CC1CCCC(C)N1S(=O)(=O)c1ccc(N2C(=O)C3C4CCC(O4)C3C2=O)cc1. The first kappa shape index (κ1) is 19.2. The van der Waals surface area contributed by atoms with Crippen LogP contribution in [0.4, 0.5) is 5.69 Å². The van der Waals surface area contributed by atoms with Gasteiger partial charge in [0.2, 0.25) is 21.8 Å². The molecule has 4 fully saturated rings. The van der Waals surface area contributed by atoms with Crippen LogP contribution in [-0.4, -0.2) is 48.8 Å². The highest BCUT2D eigenvalue weighted by Gasteiger charge is 2.62. The molecule has 5 rings (SSSR count). The van der Waals surface area contributed by atoms with Crippen molar-refractivity contribution in [2.45, 2.75) is 75.1 Å². The maximum absolute atomic E-state index is 13.2. The summed E-state index contributed by atoms with van der Waals surface area (Å²) in [5.74, 6) is -1.22. The third-order valence-electron chi connectivity index (χ3n) is 7.07. The Balaban J connectivity index is 1.42. The maximum Gasteiger partial charge on any atom is 0.243 e. The molecule has 0 aliphatic carbocycles. The molecule has 8 heteroatoms. The molecule has 0 N–H and O–H groups in total. The fourth-order valence-corrected chi connectivity index (χ4v) is 7.61. The number of hydrogen-bond donors (Lipinski definition) is 0. The molecule has 0 radical (unpaired) electrons. The molecule has 4 heterocycles. The first-order valence-corrected chi connectivity index (χ1v) is 11.9. The molecule has 7 nitrogen and oxygen atoms in total. The van der Waals surface area contributed by atoms with Crippen molar-refractivity contribution in [3.05, 3.63) is 24.3 Å². The fraction of sp³-hybridized carbons (Fsp3) is 0.619. The monoisotopic (exact) mass is 418 g/mol. The Kier molecular flexibility index (Phi) is 4.38. The number of piperidine rings is 1. The summed E-state index contributed by atoms with van der Waals surface area (Å²) in [4.78, 5) is 27.2. The molecule has 1 aromatic carbocycles. The lowest BCUT2D eigenvalue weighted by Crippen LogP contribution is -2.47. The van der Waals surface area contributed by atoms with Crippen LogP contribution < -0.4 is 4.90 Å². The van der Waals surface area contributed by atoms with Gasteiger partial charge in [-0.1, -0.05) is 6.42 Å². The molecule has 6 unspecified atom stereocenters. The van der Waals surface area contributed by atoms with E-state index in [0.29, 0.717) is 5.69 Å². The average Bonchev–Trinajstić information content (AvgIpc) is 3.35. The van der Waals surface area contributed by atoms with Gasteiger partial charge in [0.15, 0.2) is 0 Å². The normalized spacial score (nSPS) is 37.4. The Morgan fingerprint density at radius 2 is 1.38 bits per heavy atom. The Hall–Kier alpha value is -1.77. The van der Waals surface area contributed by atoms with Crippen LogP contribution in [0.5, 0.6) is 0 Å². The van der Waals surface area contributed by atoms with Gasteiger partial charge in [-0.15, -0.1) is 0 Å². The van der Waals surface area contributed by atoms with Crippen molar-refractivity contribution in [2.75, 3.05) is 4.90 Å². The van der Waals surface area contributed by atoms with E-state index in [0.717, 1.165) is 32.1 Å². The number of benzene rings is 1. The number of ether oxygens (including phenoxy) is 1. The minimum atomic E-state index is -3.63. The molecule has 4 saturated heterocycles. The lowest BCUT2D eigenvalue weighted by atomic mass is 9.81. The molecule has 4 aliphatic heterocycles. The Morgan fingerprint density at radius 3 is 1.90 bits per heavy atom.